The van der Waals surface area contributed by atoms with E-state index in [0.29, 0.717) is 0 Å². The van der Waals surface area contributed by atoms with Gasteiger partial charge in [-0.2, -0.15) is 0 Å². The van der Waals surface area contributed by atoms with Crippen LogP contribution in [0.4, 0.5) is 0 Å². The zero-order valence-corrected chi connectivity index (χ0v) is 7.46. The number of nitrogens with two attached hydrogens (primary N) is 1. The van der Waals surface area contributed by atoms with E-state index in [2.05, 4.69) is 28.6 Å². The average molecular weight is 175 g/mol. The van der Waals surface area contributed by atoms with Gasteiger partial charge in [0.1, 0.15) is 5.84 Å². The monoisotopic (exact) mass is 175 g/mol. The van der Waals surface area contributed by atoms with Gasteiger partial charge in [0.2, 0.25) is 0 Å². The maximum absolute atomic E-state index is 5.41. The third-order valence-corrected chi connectivity index (χ3v) is 2.28. The van der Waals surface area contributed by atoms with Gasteiger partial charge in [0.05, 0.1) is 0 Å². The molecule has 0 amide bonds. The Morgan fingerprint density at radius 3 is 3.00 bits per heavy atom. The van der Waals surface area contributed by atoms with Crippen LogP contribution in [-0.2, 0) is 6.42 Å². The molecule has 0 aromatic heterocycles. The molecule has 0 aliphatic carbocycles. The normalized spacial score (nSPS) is 15.6. The summed E-state index contributed by atoms with van der Waals surface area (Å²) in [5.74, 6) is 6.22. The van der Waals surface area contributed by atoms with Crippen LogP contribution in [0.3, 0.4) is 0 Å². The molecule has 13 heavy (non-hydrogen) atoms. The second-order valence-corrected chi connectivity index (χ2v) is 3.14. The van der Waals surface area contributed by atoms with E-state index in [1.807, 2.05) is 6.07 Å². The zero-order chi connectivity index (χ0) is 9.10. The molecule has 0 fully saturated rings. The number of benzene rings is 1. The number of aryl methyl sites for hydroxylation is 1. The Hall–Kier alpha value is -1.35. The highest BCUT2D eigenvalue weighted by Gasteiger charge is 2.09. The van der Waals surface area contributed by atoms with E-state index in [9.17, 15) is 0 Å². The Morgan fingerprint density at radius 1 is 1.31 bits per heavy atom. The molecule has 3 N–H and O–H groups in total. The standard InChI is InChI=1S/C10H13N3/c11-13-10-9-6-2-1-4-8(9)5-3-7-12-10/h1-2,4,6H,3,5,7,11H2,(H,12,13). The lowest BCUT2D eigenvalue weighted by Gasteiger charge is -2.07. The Bertz CT molecular complexity index is 331. The summed E-state index contributed by atoms with van der Waals surface area (Å²) in [5, 5.41) is 0. The SMILES string of the molecule is NNC1=NCCCc2ccccc21. The number of nitrogens with zero attached hydrogens (tertiary/aromatic N) is 1. The lowest BCUT2D eigenvalue weighted by atomic mass is 10.0. The first kappa shape index (κ1) is 8.26. The maximum atomic E-state index is 5.41. The summed E-state index contributed by atoms with van der Waals surface area (Å²) in [4.78, 5) is 4.36. The molecule has 0 saturated heterocycles. The third-order valence-electron chi connectivity index (χ3n) is 2.28. The van der Waals surface area contributed by atoms with Crippen molar-refractivity contribution in [2.75, 3.05) is 6.54 Å². The van der Waals surface area contributed by atoms with E-state index in [1.54, 1.807) is 0 Å². The minimum atomic E-state index is 0.813. The van der Waals surface area contributed by atoms with Crippen LogP contribution >= 0.6 is 0 Å². The average Bonchev–Trinajstić information content (AvgIpc) is 2.39. The number of rotatable bonds is 0. The highest BCUT2D eigenvalue weighted by molar-refractivity contribution is 5.99. The maximum Gasteiger partial charge on any atom is 0.142 e. The molecule has 1 aromatic rings. The number of hydrogen-bond donors (Lipinski definition) is 2. The highest BCUT2D eigenvalue weighted by atomic mass is 15.2. The van der Waals surface area contributed by atoms with Crippen LogP contribution in [0.1, 0.15) is 17.5 Å². The van der Waals surface area contributed by atoms with Crippen molar-refractivity contribution in [1.29, 1.82) is 0 Å². The fraction of sp³-hybridized carbons (Fsp3) is 0.300. The van der Waals surface area contributed by atoms with E-state index in [1.165, 1.54) is 5.56 Å². The van der Waals surface area contributed by atoms with Gasteiger partial charge < -0.3 is 5.43 Å². The molecule has 0 saturated carbocycles. The molecule has 2 rings (SSSR count). The number of fused-ring (bicyclic) bond motifs is 1. The molecule has 0 spiro atoms. The van der Waals surface area contributed by atoms with Crippen molar-refractivity contribution in [2.45, 2.75) is 12.8 Å². The third kappa shape index (κ3) is 1.55. The molecule has 1 aliphatic heterocycles. The predicted molar refractivity (Wildman–Crippen MR) is 53.5 cm³/mol. The van der Waals surface area contributed by atoms with Crippen LogP contribution < -0.4 is 11.3 Å². The summed E-state index contributed by atoms with van der Waals surface area (Å²) in [6.45, 7) is 0.855. The van der Waals surface area contributed by atoms with Crippen LogP contribution in [0.15, 0.2) is 29.3 Å². The van der Waals surface area contributed by atoms with Crippen molar-refractivity contribution < 1.29 is 0 Å². The molecule has 0 atom stereocenters. The smallest absolute Gasteiger partial charge is 0.142 e. The minimum absolute atomic E-state index is 0.813. The summed E-state index contributed by atoms with van der Waals surface area (Å²) in [6, 6.07) is 8.25. The van der Waals surface area contributed by atoms with Gasteiger partial charge in [0, 0.05) is 12.1 Å². The first-order valence-corrected chi connectivity index (χ1v) is 4.51. The van der Waals surface area contributed by atoms with Gasteiger partial charge in [-0.05, 0) is 18.4 Å². The quantitative estimate of drug-likeness (QED) is 0.453. The molecule has 1 heterocycles. The van der Waals surface area contributed by atoms with E-state index >= 15 is 0 Å². The number of aliphatic imine (C=N–C) groups is 1. The molecular formula is C10H13N3. The van der Waals surface area contributed by atoms with Crippen molar-refractivity contribution in [1.82, 2.24) is 5.43 Å². The van der Waals surface area contributed by atoms with Crippen molar-refractivity contribution in [2.24, 2.45) is 10.8 Å². The molecule has 68 valence electrons. The molecular weight excluding hydrogens is 162 g/mol. The topological polar surface area (TPSA) is 50.4 Å². The largest absolute Gasteiger partial charge is 0.308 e. The molecule has 1 aromatic carbocycles. The number of hydrogen-bond acceptors (Lipinski definition) is 3. The summed E-state index contributed by atoms with van der Waals surface area (Å²) in [6.07, 6.45) is 2.19. The summed E-state index contributed by atoms with van der Waals surface area (Å²) < 4.78 is 0. The summed E-state index contributed by atoms with van der Waals surface area (Å²) >= 11 is 0. The fourth-order valence-electron chi connectivity index (χ4n) is 1.64. The summed E-state index contributed by atoms with van der Waals surface area (Å²) in [7, 11) is 0. The van der Waals surface area contributed by atoms with E-state index in [-0.39, 0.29) is 0 Å². The molecule has 3 heteroatoms. The van der Waals surface area contributed by atoms with Gasteiger partial charge in [0.25, 0.3) is 0 Å². The lowest BCUT2D eigenvalue weighted by molar-refractivity contribution is 0.841. The van der Waals surface area contributed by atoms with Gasteiger partial charge >= 0.3 is 0 Å². The molecule has 0 unspecified atom stereocenters. The number of hydrazine groups is 1. The van der Waals surface area contributed by atoms with Gasteiger partial charge in [-0.25, -0.2) is 5.84 Å². The van der Waals surface area contributed by atoms with Gasteiger partial charge in [-0.1, -0.05) is 24.3 Å². The molecule has 0 bridgehead atoms. The Labute approximate surface area is 77.6 Å². The number of nitrogens with one attached hydrogen (secondary N) is 1. The summed E-state index contributed by atoms with van der Waals surface area (Å²) in [5.41, 5.74) is 5.12. The van der Waals surface area contributed by atoms with E-state index in [0.717, 1.165) is 30.8 Å². The Kier molecular flexibility index (Phi) is 2.27. The fourth-order valence-corrected chi connectivity index (χ4v) is 1.64. The Balaban J connectivity index is 2.47. The van der Waals surface area contributed by atoms with Gasteiger partial charge in [0.15, 0.2) is 0 Å². The van der Waals surface area contributed by atoms with Crippen LogP contribution in [-0.4, -0.2) is 12.4 Å². The van der Waals surface area contributed by atoms with Crippen molar-refractivity contribution in [3.63, 3.8) is 0 Å². The number of amidine groups is 1. The Morgan fingerprint density at radius 2 is 2.15 bits per heavy atom. The van der Waals surface area contributed by atoms with Gasteiger partial charge in [-0.3, -0.25) is 4.99 Å². The van der Waals surface area contributed by atoms with Crippen molar-refractivity contribution in [3.8, 4) is 0 Å². The minimum Gasteiger partial charge on any atom is -0.308 e. The van der Waals surface area contributed by atoms with Crippen LogP contribution in [0.25, 0.3) is 0 Å². The van der Waals surface area contributed by atoms with Gasteiger partial charge in [-0.15, -0.1) is 0 Å². The predicted octanol–water partition coefficient (Wildman–Crippen LogP) is 0.843. The molecule has 0 radical (unpaired) electrons. The first-order valence-electron chi connectivity index (χ1n) is 4.51. The second kappa shape index (κ2) is 3.58. The van der Waals surface area contributed by atoms with E-state index in [4.69, 9.17) is 5.84 Å². The van der Waals surface area contributed by atoms with E-state index < -0.39 is 0 Å². The lowest BCUT2D eigenvalue weighted by Crippen LogP contribution is -2.31. The highest BCUT2D eigenvalue weighted by Crippen LogP contribution is 2.14. The van der Waals surface area contributed by atoms with Crippen LogP contribution in [0.2, 0.25) is 0 Å². The van der Waals surface area contributed by atoms with Crippen molar-refractivity contribution >= 4 is 5.84 Å². The molecule has 1 aliphatic rings. The van der Waals surface area contributed by atoms with Crippen LogP contribution in [0, 0.1) is 0 Å². The van der Waals surface area contributed by atoms with Crippen molar-refractivity contribution in [3.05, 3.63) is 35.4 Å². The molecule has 3 nitrogen and oxygen atoms in total. The second-order valence-electron chi connectivity index (χ2n) is 3.14. The van der Waals surface area contributed by atoms with Crippen LogP contribution in [0.5, 0.6) is 0 Å². The zero-order valence-electron chi connectivity index (χ0n) is 7.46. The first-order chi connectivity index (χ1) is 6.42.